The zero-order valence-electron chi connectivity index (χ0n) is 9.90. The van der Waals surface area contributed by atoms with Crippen LogP contribution in [0.25, 0.3) is 0 Å². The van der Waals surface area contributed by atoms with E-state index < -0.39 is 0 Å². The van der Waals surface area contributed by atoms with E-state index in [9.17, 15) is 0 Å². The first-order chi connectivity index (χ1) is 7.22. The first-order valence-electron chi connectivity index (χ1n) is 5.71. The molecule has 1 aliphatic rings. The zero-order valence-corrected chi connectivity index (χ0v) is 9.90. The van der Waals surface area contributed by atoms with E-state index in [1.807, 2.05) is 0 Å². The van der Waals surface area contributed by atoms with Gasteiger partial charge in [-0.1, -0.05) is 25.1 Å². The van der Waals surface area contributed by atoms with Crippen LogP contribution >= 0.6 is 0 Å². The number of hydrogen-bond acceptors (Lipinski definition) is 2. The molecule has 2 rings (SSSR count). The van der Waals surface area contributed by atoms with Crippen molar-refractivity contribution in [2.75, 3.05) is 32.1 Å². The highest BCUT2D eigenvalue weighted by Crippen LogP contribution is 2.26. The van der Waals surface area contributed by atoms with Crippen LogP contribution in [0.1, 0.15) is 12.5 Å². The van der Waals surface area contributed by atoms with E-state index in [0.29, 0.717) is 6.04 Å². The smallest absolute Gasteiger partial charge is 0.0397 e. The summed E-state index contributed by atoms with van der Waals surface area (Å²) in [5.74, 6) is 0. The quantitative estimate of drug-likeness (QED) is 0.727. The monoisotopic (exact) mass is 204 g/mol. The predicted molar refractivity (Wildman–Crippen MR) is 65.5 cm³/mol. The topological polar surface area (TPSA) is 6.48 Å². The number of hydrogen-bond donors (Lipinski definition) is 0. The van der Waals surface area contributed by atoms with E-state index in [1.165, 1.54) is 17.7 Å². The average molecular weight is 204 g/mol. The van der Waals surface area contributed by atoms with Crippen molar-refractivity contribution in [3.63, 3.8) is 0 Å². The van der Waals surface area contributed by atoms with Gasteiger partial charge in [0, 0.05) is 25.3 Å². The summed E-state index contributed by atoms with van der Waals surface area (Å²) < 4.78 is 0. The van der Waals surface area contributed by atoms with Crippen molar-refractivity contribution in [2.45, 2.75) is 19.4 Å². The summed E-state index contributed by atoms with van der Waals surface area (Å²) in [4.78, 5) is 4.81. The molecule has 0 bridgehead atoms. The molecule has 0 fully saturated rings. The van der Waals surface area contributed by atoms with Crippen molar-refractivity contribution in [3.8, 4) is 0 Å². The fraction of sp³-hybridized carbons (Fsp3) is 0.538. The number of rotatable bonds is 2. The van der Waals surface area contributed by atoms with Crippen molar-refractivity contribution >= 4 is 5.69 Å². The van der Waals surface area contributed by atoms with Crippen LogP contribution in [-0.4, -0.2) is 38.1 Å². The zero-order chi connectivity index (χ0) is 10.8. The van der Waals surface area contributed by atoms with Gasteiger partial charge in [-0.25, -0.2) is 0 Å². The van der Waals surface area contributed by atoms with Crippen LogP contribution in [0.4, 0.5) is 5.69 Å². The Morgan fingerprint density at radius 2 is 2.13 bits per heavy atom. The van der Waals surface area contributed by atoms with Gasteiger partial charge in [0.2, 0.25) is 0 Å². The third kappa shape index (κ3) is 2.00. The molecule has 1 aliphatic heterocycles. The highest BCUT2D eigenvalue weighted by molar-refractivity contribution is 5.55. The molecule has 1 heterocycles. The molecule has 0 aliphatic carbocycles. The number of benzene rings is 1. The van der Waals surface area contributed by atoms with Gasteiger partial charge in [-0.05, 0) is 31.6 Å². The lowest BCUT2D eigenvalue weighted by molar-refractivity contribution is 0.251. The minimum Gasteiger partial charge on any atom is -0.373 e. The van der Waals surface area contributed by atoms with Crippen molar-refractivity contribution in [1.29, 1.82) is 0 Å². The Bertz CT molecular complexity index is 335. The number of fused-ring (bicyclic) bond motifs is 1. The molecule has 0 saturated heterocycles. The Balaban J connectivity index is 2.22. The SMILES string of the molecule is CCN(C)C1Cc2ccccc2N(C)C1. The van der Waals surface area contributed by atoms with Gasteiger partial charge in [0.1, 0.15) is 0 Å². The van der Waals surface area contributed by atoms with Gasteiger partial charge in [-0.3, -0.25) is 0 Å². The minimum absolute atomic E-state index is 0.662. The fourth-order valence-corrected chi connectivity index (χ4v) is 2.34. The van der Waals surface area contributed by atoms with Crippen LogP contribution < -0.4 is 4.90 Å². The summed E-state index contributed by atoms with van der Waals surface area (Å²) in [5.41, 5.74) is 2.88. The molecule has 1 aromatic carbocycles. The van der Waals surface area contributed by atoms with Crippen LogP contribution in [0.2, 0.25) is 0 Å². The molecule has 0 N–H and O–H groups in total. The summed E-state index contributed by atoms with van der Waals surface area (Å²) in [6.07, 6.45) is 1.19. The van der Waals surface area contributed by atoms with E-state index in [-0.39, 0.29) is 0 Å². The van der Waals surface area contributed by atoms with Crippen LogP contribution in [0.3, 0.4) is 0 Å². The number of nitrogens with zero attached hydrogens (tertiary/aromatic N) is 2. The van der Waals surface area contributed by atoms with E-state index in [4.69, 9.17) is 0 Å². The Kier molecular flexibility index (Phi) is 2.96. The molecule has 1 aromatic rings. The van der Waals surface area contributed by atoms with Crippen molar-refractivity contribution in [3.05, 3.63) is 29.8 Å². The van der Waals surface area contributed by atoms with Crippen LogP contribution in [0, 0.1) is 0 Å². The molecule has 1 unspecified atom stereocenters. The lowest BCUT2D eigenvalue weighted by Crippen LogP contribution is -2.45. The van der Waals surface area contributed by atoms with E-state index in [0.717, 1.165) is 13.1 Å². The predicted octanol–water partition coefficient (Wildman–Crippen LogP) is 2.00. The van der Waals surface area contributed by atoms with Gasteiger partial charge in [0.15, 0.2) is 0 Å². The Labute approximate surface area is 92.5 Å². The van der Waals surface area contributed by atoms with Crippen LogP contribution in [0.15, 0.2) is 24.3 Å². The van der Waals surface area contributed by atoms with Gasteiger partial charge >= 0.3 is 0 Å². The van der Waals surface area contributed by atoms with Crippen LogP contribution in [-0.2, 0) is 6.42 Å². The molecule has 15 heavy (non-hydrogen) atoms. The van der Waals surface area contributed by atoms with Gasteiger partial charge in [0.05, 0.1) is 0 Å². The fourth-order valence-electron chi connectivity index (χ4n) is 2.34. The van der Waals surface area contributed by atoms with Crippen molar-refractivity contribution in [1.82, 2.24) is 4.90 Å². The molecule has 0 amide bonds. The maximum atomic E-state index is 2.44. The van der Waals surface area contributed by atoms with Crippen LogP contribution in [0.5, 0.6) is 0 Å². The van der Waals surface area contributed by atoms with E-state index in [1.54, 1.807) is 0 Å². The lowest BCUT2D eigenvalue weighted by Gasteiger charge is -2.37. The highest BCUT2D eigenvalue weighted by atomic mass is 15.2. The lowest BCUT2D eigenvalue weighted by atomic mass is 9.97. The molecule has 0 spiro atoms. The molecule has 2 heteroatoms. The summed E-state index contributed by atoms with van der Waals surface area (Å²) in [7, 11) is 4.40. The standard InChI is InChI=1S/C13H20N2/c1-4-14(2)12-9-11-7-5-6-8-13(11)15(3)10-12/h5-8,12H,4,9-10H2,1-3H3. The summed E-state index contributed by atoms with van der Waals surface area (Å²) >= 11 is 0. The minimum atomic E-state index is 0.662. The summed E-state index contributed by atoms with van der Waals surface area (Å²) in [6, 6.07) is 9.40. The molecular formula is C13H20N2. The molecular weight excluding hydrogens is 184 g/mol. The summed E-state index contributed by atoms with van der Waals surface area (Å²) in [6.45, 7) is 4.49. The molecule has 0 aromatic heterocycles. The van der Waals surface area contributed by atoms with Gasteiger partial charge in [-0.2, -0.15) is 0 Å². The second-order valence-corrected chi connectivity index (χ2v) is 4.44. The van der Waals surface area contributed by atoms with E-state index in [2.05, 4.69) is 55.1 Å². The van der Waals surface area contributed by atoms with Crippen molar-refractivity contribution in [2.24, 2.45) is 0 Å². The largest absolute Gasteiger partial charge is 0.373 e. The normalized spacial score (nSPS) is 20.5. The third-order valence-corrected chi connectivity index (χ3v) is 3.47. The molecule has 2 nitrogen and oxygen atoms in total. The van der Waals surface area contributed by atoms with Gasteiger partial charge < -0.3 is 9.80 Å². The molecule has 1 atom stereocenters. The first-order valence-corrected chi connectivity index (χ1v) is 5.71. The first kappa shape index (κ1) is 10.5. The molecule has 0 saturated carbocycles. The maximum Gasteiger partial charge on any atom is 0.0397 e. The Morgan fingerprint density at radius 1 is 1.40 bits per heavy atom. The van der Waals surface area contributed by atoms with Crippen molar-refractivity contribution < 1.29 is 0 Å². The average Bonchev–Trinajstić information content (AvgIpc) is 2.28. The highest BCUT2D eigenvalue weighted by Gasteiger charge is 2.23. The molecule has 82 valence electrons. The number of likely N-dealkylation sites (N-methyl/N-ethyl adjacent to an activating group) is 2. The number of anilines is 1. The second kappa shape index (κ2) is 4.23. The van der Waals surface area contributed by atoms with Gasteiger partial charge in [0.25, 0.3) is 0 Å². The second-order valence-electron chi connectivity index (χ2n) is 4.44. The summed E-state index contributed by atoms with van der Waals surface area (Å²) in [5, 5.41) is 0. The molecule has 0 radical (unpaired) electrons. The Hall–Kier alpha value is -1.02. The maximum absolute atomic E-state index is 2.44. The Morgan fingerprint density at radius 3 is 2.87 bits per heavy atom. The third-order valence-electron chi connectivity index (χ3n) is 3.47. The van der Waals surface area contributed by atoms with E-state index >= 15 is 0 Å². The number of para-hydroxylation sites is 1. The van der Waals surface area contributed by atoms with Gasteiger partial charge in [-0.15, -0.1) is 0 Å².